The van der Waals surface area contributed by atoms with E-state index in [0.717, 1.165) is 39.0 Å². The first-order valence-corrected chi connectivity index (χ1v) is 9.74. The number of morpholine rings is 1. The number of rotatable bonds is 3. The molecule has 3 saturated heterocycles. The van der Waals surface area contributed by atoms with Crippen LogP contribution in [-0.4, -0.2) is 68.2 Å². The number of hydrogen-bond acceptors (Lipinski definition) is 4. The number of ether oxygens (including phenoxy) is 1. The van der Waals surface area contributed by atoms with Crippen LogP contribution in [0.1, 0.15) is 30.9 Å². The molecule has 0 radical (unpaired) electrons. The Morgan fingerprint density at radius 1 is 1.07 bits per heavy atom. The van der Waals surface area contributed by atoms with Crippen molar-refractivity contribution < 1.29 is 13.9 Å². The van der Waals surface area contributed by atoms with Crippen LogP contribution < -0.4 is 5.32 Å². The fourth-order valence-electron chi connectivity index (χ4n) is 4.62. The summed E-state index contributed by atoms with van der Waals surface area (Å²) in [6, 6.07) is 6.15. The molecule has 28 heavy (non-hydrogen) atoms. The maximum atomic E-state index is 14.5. The Labute approximate surface area is 178 Å². The third-order valence-electron chi connectivity index (χ3n) is 6.31. The Bertz CT molecular complexity index is 642. The predicted octanol–water partition coefficient (Wildman–Crippen LogP) is 2.64. The van der Waals surface area contributed by atoms with E-state index in [2.05, 4.69) is 10.2 Å². The van der Waals surface area contributed by atoms with Crippen molar-refractivity contribution in [1.82, 2.24) is 15.1 Å². The minimum absolute atomic E-state index is 0. The van der Waals surface area contributed by atoms with Crippen molar-refractivity contribution in [3.05, 3.63) is 35.6 Å². The summed E-state index contributed by atoms with van der Waals surface area (Å²) in [5.41, 5.74) is 0.852. The predicted molar refractivity (Wildman–Crippen MR) is 112 cm³/mol. The van der Waals surface area contributed by atoms with E-state index in [-0.39, 0.29) is 36.5 Å². The molecule has 3 fully saturated rings. The molecule has 1 spiro atoms. The molecule has 1 aromatic rings. The van der Waals surface area contributed by atoms with E-state index in [4.69, 9.17) is 4.74 Å². The maximum absolute atomic E-state index is 14.5. The molecule has 0 aromatic heterocycles. The Balaban J connectivity index is 0.00000140. The van der Waals surface area contributed by atoms with Gasteiger partial charge in [-0.05, 0) is 37.3 Å². The second kappa shape index (κ2) is 10.2. The van der Waals surface area contributed by atoms with Gasteiger partial charge in [0.15, 0.2) is 0 Å². The van der Waals surface area contributed by atoms with E-state index in [0.29, 0.717) is 37.3 Å². The molecule has 3 aliphatic heterocycles. The molecule has 3 aliphatic rings. The first-order chi connectivity index (χ1) is 12.7. The Hall–Kier alpha value is -0.920. The average Bonchev–Trinajstić information content (AvgIpc) is 3.13. The molecule has 4 rings (SSSR count). The largest absolute Gasteiger partial charge is 0.379 e. The molecule has 158 valence electrons. The second-order valence-electron chi connectivity index (χ2n) is 7.82. The van der Waals surface area contributed by atoms with Gasteiger partial charge in [-0.1, -0.05) is 18.2 Å². The summed E-state index contributed by atoms with van der Waals surface area (Å²) in [6.07, 6.45) is 3.28. The smallest absolute Gasteiger partial charge is 0.244 e. The Morgan fingerprint density at radius 3 is 2.36 bits per heavy atom. The van der Waals surface area contributed by atoms with E-state index in [9.17, 15) is 9.18 Å². The van der Waals surface area contributed by atoms with Gasteiger partial charge in [-0.25, -0.2) is 4.39 Å². The topological polar surface area (TPSA) is 44.8 Å². The SMILES string of the molecule is Cl.Cl.O=C(C(c1ccccc1F)N1CCOCC1)N1CCC2(CCNC2)CC1. The van der Waals surface area contributed by atoms with Crippen LogP contribution in [0.25, 0.3) is 0 Å². The lowest BCUT2D eigenvalue weighted by Gasteiger charge is -2.42. The third-order valence-corrected chi connectivity index (χ3v) is 6.31. The number of halogens is 3. The Morgan fingerprint density at radius 2 is 1.75 bits per heavy atom. The molecule has 0 saturated carbocycles. The van der Waals surface area contributed by atoms with Crippen molar-refractivity contribution >= 4 is 30.7 Å². The molecular formula is C20H30Cl2FN3O2. The summed E-state index contributed by atoms with van der Waals surface area (Å²) < 4.78 is 20.0. The molecule has 1 N–H and O–H groups in total. The number of benzene rings is 1. The number of piperidine rings is 1. The number of carbonyl (C=O) groups excluding carboxylic acids is 1. The minimum atomic E-state index is -0.546. The number of carbonyl (C=O) groups is 1. The van der Waals surface area contributed by atoms with Crippen molar-refractivity contribution in [3.63, 3.8) is 0 Å². The summed E-state index contributed by atoms with van der Waals surface area (Å²) in [6.45, 7) is 6.19. The first-order valence-electron chi connectivity index (χ1n) is 9.74. The number of nitrogens with one attached hydrogen (secondary N) is 1. The quantitative estimate of drug-likeness (QED) is 0.795. The van der Waals surface area contributed by atoms with Gasteiger partial charge in [0.1, 0.15) is 11.9 Å². The molecule has 3 heterocycles. The number of likely N-dealkylation sites (tertiary alicyclic amines) is 1. The van der Waals surface area contributed by atoms with E-state index < -0.39 is 6.04 Å². The van der Waals surface area contributed by atoms with Crippen LogP contribution in [0.15, 0.2) is 24.3 Å². The van der Waals surface area contributed by atoms with E-state index in [1.165, 1.54) is 12.5 Å². The lowest BCUT2D eigenvalue weighted by Crippen LogP contribution is -2.51. The second-order valence-corrected chi connectivity index (χ2v) is 7.82. The molecular weight excluding hydrogens is 404 g/mol. The molecule has 1 amide bonds. The normalized spacial score (nSPS) is 23.0. The molecule has 1 unspecified atom stereocenters. The first kappa shape index (κ1) is 23.4. The van der Waals surface area contributed by atoms with Gasteiger partial charge < -0.3 is 15.0 Å². The highest BCUT2D eigenvalue weighted by molar-refractivity contribution is 5.85. The van der Waals surface area contributed by atoms with E-state index in [1.807, 2.05) is 11.0 Å². The van der Waals surface area contributed by atoms with Gasteiger partial charge in [0.05, 0.1) is 13.2 Å². The van der Waals surface area contributed by atoms with Crippen LogP contribution in [0.3, 0.4) is 0 Å². The lowest BCUT2D eigenvalue weighted by atomic mass is 9.77. The van der Waals surface area contributed by atoms with Crippen LogP contribution in [0, 0.1) is 11.2 Å². The van der Waals surface area contributed by atoms with Gasteiger partial charge >= 0.3 is 0 Å². The van der Waals surface area contributed by atoms with Crippen molar-refractivity contribution in [2.75, 3.05) is 52.5 Å². The molecule has 0 bridgehead atoms. The van der Waals surface area contributed by atoms with Crippen molar-refractivity contribution in [3.8, 4) is 0 Å². The zero-order valence-electron chi connectivity index (χ0n) is 16.1. The van der Waals surface area contributed by atoms with Crippen molar-refractivity contribution in [2.24, 2.45) is 5.41 Å². The van der Waals surface area contributed by atoms with Crippen LogP contribution >= 0.6 is 24.8 Å². The summed E-state index contributed by atoms with van der Waals surface area (Å²) in [5.74, 6) is -0.261. The van der Waals surface area contributed by atoms with E-state index >= 15 is 0 Å². The maximum Gasteiger partial charge on any atom is 0.244 e. The number of hydrogen-bond donors (Lipinski definition) is 1. The van der Waals surface area contributed by atoms with Gasteiger partial charge in [-0.3, -0.25) is 9.69 Å². The molecule has 0 aliphatic carbocycles. The number of nitrogens with zero attached hydrogens (tertiary/aromatic N) is 2. The highest BCUT2D eigenvalue weighted by Crippen LogP contribution is 2.38. The molecule has 1 aromatic carbocycles. The summed E-state index contributed by atoms with van der Waals surface area (Å²) in [4.78, 5) is 17.4. The van der Waals surface area contributed by atoms with Crippen LogP contribution in [-0.2, 0) is 9.53 Å². The monoisotopic (exact) mass is 433 g/mol. The highest BCUT2D eigenvalue weighted by Gasteiger charge is 2.41. The number of amides is 1. The van der Waals surface area contributed by atoms with Crippen molar-refractivity contribution in [1.29, 1.82) is 0 Å². The Kier molecular flexibility index (Phi) is 8.52. The third kappa shape index (κ3) is 4.79. The molecule has 5 nitrogen and oxygen atoms in total. The lowest BCUT2D eigenvalue weighted by molar-refractivity contribution is -0.141. The highest BCUT2D eigenvalue weighted by atomic mass is 35.5. The van der Waals surface area contributed by atoms with Gasteiger partial charge in [0.25, 0.3) is 0 Å². The minimum Gasteiger partial charge on any atom is -0.379 e. The van der Waals surface area contributed by atoms with Gasteiger partial charge in [0.2, 0.25) is 5.91 Å². The van der Waals surface area contributed by atoms with Gasteiger partial charge in [0, 0.05) is 38.3 Å². The molecule has 8 heteroatoms. The van der Waals surface area contributed by atoms with Crippen LogP contribution in [0.5, 0.6) is 0 Å². The van der Waals surface area contributed by atoms with Crippen LogP contribution in [0.2, 0.25) is 0 Å². The van der Waals surface area contributed by atoms with E-state index in [1.54, 1.807) is 12.1 Å². The summed E-state index contributed by atoms with van der Waals surface area (Å²) >= 11 is 0. The zero-order chi connectivity index (χ0) is 18.0. The fraction of sp³-hybridized carbons (Fsp3) is 0.650. The standard InChI is InChI=1S/C20H28FN3O2.2ClH/c21-17-4-2-1-3-16(17)18(23-11-13-26-14-12-23)19(25)24-9-6-20(7-10-24)5-8-22-15-20;;/h1-4,18,22H,5-15H2;2*1H. The van der Waals surface area contributed by atoms with Gasteiger partial charge in [-0.2, -0.15) is 0 Å². The van der Waals surface area contributed by atoms with Crippen molar-refractivity contribution in [2.45, 2.75) is 25.3 Å². The molecule has 1 atom stereocenters. The van der Waals surface area contributed by atoms with Crippen LogP contribution in [0.4, 0.5) is 4.39 Å². The summed E-state index contributed by atoms with van der Waals surface area (Å²) in [5, 5.41) is 3.46. The van der Waals surface area contributed by atoms with Gasteiger partial charge in [-0.15, -0.1) is 24.8 Å². The zero-order valence-corrected chi connectivity index (χ0v) is 17.7. The average molecular weight is 434 g/mol. The fourth-order valence-corrected chi connectivity index (χ4v) is 4.62. The summed E-state index contributed by atoms with van der Waals surface area (Å²) in [7, 11) is 0.